The van der Waals surface area contributed by atoms with Gasteiger partial charge in [-0.25, -0.2) is 0 Å². The molecule has 0 bridgehead atoms. The van der Waals surface area contributed by atoms with Crippen molar-refractivity contribution in [2.24, 2.45) is 0 Å². The zero-order chi connectivity index (χ0) is 53.4. The van der Waals surface area contributed by atoms with Gasteiger partial charge >= 0.3 is 0 Å². The van der Waals surface area contributed by atoms with Gasteiger partial charge in [-0.3, -0.25) is 0 Å². The van der Waals surface area contributed by atoms with Gasteiger partial charge in [0.05, 0.1) is 11.4 Å². The largest absolute Gasteiger partial charge is 0.311 e. The van der Waals surface area contributed by atoms with Crippen molar-refractivity contribution in [1.29, 1.82) is 0 Å². The fourth-order valence-corrected chi connectivity index (χ4v) is 16.0. The first kappa shape index (κ1) is 49.7. The van der Waals surface area contributed by atoms with Crippen molar-refractivity contribution < 1.29 is 0 Å². The summed E-state index contributed by atoms with van der Waals surface area (Å²) < 4.78 is 2.86. The summed E-state index contributed by atoms with van der Waals surface area (Å²) >= 11 is 2.07. The first-order chi connectivity index (χ1) is 35.8. The third-order valence-corrected chi connectivity index (χ3v) is 21.2. The first-order valence-electron chi connectivity index (χ1n) is 28.7. The first-order valence-corrected chi connectivity index (χ1v) is 29.6. The van der Waals surface area contributed by atoms with Crippen LogP contribution in [0.4, 0.5) is 34.1 Å². The van der Waals surface area contributed by atoms with Crippen molar-refractivity contribution in [3.8, 4) is 22.3 Å². The van der Waals surface area contributed by atoms with Crippen LogP contribution in [0.2, 0.25) is 0 Å². The maximum absolute atomic E-state index is 2.79. The molecule has 0 fully saturated rings. The number of thiophene rings is 1. The standard InChI is InChI=1S/C72H79BN2S/c1-66(2,3)47-26-28-48(29-27-47)74-60-36-46(44-22-18-16-19-23-44)37-61-63(60)73(65-64(74)50-39-52-56(43-62(50)76-65)72(14,15)35-31-68(52,6)7)57-40-53-55(71(12,13)34-32-69(53,8)9)42-59(57)75(61)58-41-54-51(67(4,5)30-33-70(54,10)11)38-49(58)45-24-20-17-21-25-45/h16-29,36-43H,30-35H2,1-15H3. The van der Waals surface area contributed by atoms with Gasteiger partial charge in [0.15, 0.2) is 0 Å². The van der Waals surface area contributed by atoms with Crippen LogP contribution in [0.1, 0.15) is 181 Å². The molecule has 0 saturated carbocycles. The van der Waals surface area contributed by atoms with Gasteiger partial charge in [-0.2, -0.15) is 0 Å². The summed E-state index contributed by atoms with van der Waals surface area (Å²) in [4.78, 5) is 5.51. The fourth-order valence-electron chi connectivity index (χ4n) is 14.7. The average Bonchev–Trinajstić information content (AvgIpc) is 3.76. The molecule has 3 heterocycles. The fraction of sp³-hybridized carbons (Fsp3) is 0.389. The molecule has 3 aliphatic carbocycles. The minimum atomic E-state index is 0.00739. The van der Waals surface area contributed by atoms with Gasteiger partial charge in [0.25, 0.3) is 6.71 Å². The number of benzene rings is 7. The molecule has 13 rings (SSSR count). The molecule has 0 atom stereocenters. The smallest absolute Gasteiger partial charge is 0.264 e. The second kappa shape index (κ2) is 16.4. The summed E-state index contributed by atoms with van der Waals surface area (Å²) in [5.74, 6) is 0. The Balaban J connectivity index is 1.22. The van der Waals surface area contributed by atoms with Gasteiger partial charge in [-0.15, -0.1) is 11.3 Å². The third-order valence-electron chi connectivity index (χ3n) is 20.0. The maximum atomic E-state index is 2.79. The number of hydrogen-bond donors (Lipinski definition) is 0. The number of fused-ring (bicyclic) bond motifs is 9. The van der Waals surface area contributed by atoms with Crippen LogP contribution in [0, 0.1) is 0 Å². The highest BCUT2D eigenvalue weighted by atomic mass is 32.1. The van der Waals surface area contributed by atoms with Crippen molar-refractivity contribution >= 4 is 78.0 Å². The molecule has 5 aliphatic rings. The molecule has 0 amide bonds. The van der Waals surface area contributed by atoms with Crippen molar-refractivity contribution in [1.82, 2.24) is 0 Å². The van der Waals surface area contributed by atoms with Crippen LogP contribution in [-0.4, -0.2) is 6.71 Å². The Morgan fingerprint density at radius 1 is 0.421 bits per heavy atom. The minimum Gasteiger partial charge on any atom is -0.311 e. The molecule has 7 aromatic carbocycles. The normalized spacial score (nSPS) is 19.8. The lowest BCUT2D eigenvalue weighted by atomic mass is 9.35. The second-order valence-corrected chi connectivity index (χ2v) is 30.0. The van der Waals surface area contributed by atoms with Gasteiger partial charge in [0, 0.05) is 43.2 Å². The molecule has 0 radical (unpaired) electrons. The molecule has 2 aliphatic heterocycles. The van der Waals surface area contributed by atoms with Crippen LogP contribution in [0.5, 0.6) is 0 Å². The van der Waals surface area contributed by atoms with E-state index < -0.39 is 0 Å². The summed E-state index contributed by atoms with van der Waals surface area (Å²) in [6.45, 7) is 37.0. The van der Waals surface area contributed by atoms with E-state index in [0.29, 0.717) is 0 Å². The Labute approximate surface area is 460 Å². The van der Waals surface area contributed by atoms with E-state index in [1.807, 2.05) is 0 Å². The lowest BCUT2D eigenvalue weighted by Gasteiger charge is -2.48. The monoisotopic (exact) mass is 1010 g/mol. The van der Waals surface area contributed by atoms with Crippen molar-refractivity contribution in [2.75, 3.05) is 9.80 Å². The molecule has 76 heavy (non-hydrogen) atoms. The van der Waals surface area contributed by atoms with Crippen LogP contribution in [0.15, 0.2) is 133 Å². The topological polar surface area (TPSA) is 6.48 Å². The van der Waals surface area contributed by atoms with Crippen LogP contribution in [0.3, 0.4) is 0 Å². The van der Waals surface area contributed by atoms with Crippen LogP contribution in [0.25, 0.3) is 32.3 Å². The van der Waals surface area contributed by atoms with E-state index in [4.69, 9.17) is 0 Å². The minimum absolute atomic E-state index is 0.00739. The molecular formula is C72H79BN2S. The Kier molecular flexibility index (Phi) is 10.7. The van der Waals surface area contributed by atoms with E-state index in [-0.39, 0.29) is 44.6 Å². The number of anilines is 6. The van der Waals surface area contributed by atoms with Crippen LogP contribution in [-0.2, 0) is 37.9 Å². The Hall–Kier alpha value is -5.84. The predicted molar refractivity (Wildman–Crippen MR) is 331 cm³/mol. The molecule has 2 nitrogen and oxygen atoms in total. The Morgan fingerprint density at radius 3 is 1.39 bits per heavy atom. The molecule has 386 valence electrons. The third kappa shape index (κ3) is 7.45. The Bertz CT molecular complexity index is 3690. The average molecular weight is 1020 g/mol. The molecule has 0 unspecified atom stereocenters. The SMILES string of the molecule is CC(C)(C)c1ccc(N2c3cc(-c4ccccc4)cc4c3B(c3cc5c(cc3N4c3cc4c(cc3-c3ccccc3)C(C)(C)CCC4(C)C)C(C)(C)CCC5(C)C)c3sc4cc5c(cc4c32)C(C)(C)CCC5(C)C)cc1. The maximum Gasteiger partial charge on any atom is 0.264 e. The summed E-state index contributed by atoms with van der Waals surface area (Å²) in [5, 5.41) is 1.39. The number of nitrogens with zero attached hydrogens (tertiary/aromatic N) is 2. The van der Waals surface area contributed by atoms with E-state index in [9.17, 15) is 0 Å². The molecule has 4 heteroatoms. The van der Waals surface area contributed by atoms with Gasteiger partial charge < -0.3 is 9.80 Å². The van der Waals surface area contributed by atoms with Crippen molar-refractivity contribution in [3.05, 3.63) is 172 Å². The van der Waals surface area contributed by atoms with E-state index in [1.165, 1.54) is 147 Å². The van der Waals surface area contributed by atoms with E-state index in [0.717, 1.165) is 12.8 Å². The van der Waals surface area contributed by atoms with E-state index in [2.05, 4.69) is 258 Å². The predicted octanol–water partition coefficient (Wildman–Crippen LogP) is 18.7. The second-order valence-electron chi connectivity index (χ2n) is 28.9. The van der Waals surface area contributed by atoms with Crippen LogP contribution < -0.4 is 25.5 Å². The quantitative estimate of drug-likeness (QED) is 0.162. The van der Waals surface area contributed by atoms with Crippen LogP contribution >= 0.6 is 11.3 Å². The summed E-state index contributed by atoms with van der Waals surface area (Å²) in [7, 11) is 0. The molecule has 0 N–H and O–H groups in total. The number of hydrogen-bond acceptors (Lipinski definition) is 3. The molecule has 1 aromatic heterocycles. The highest BCUT2D eigenvalue weighted by Crippen LogP contribution is 2.57. The van der Waals surface area contributed by atoms with Gasteiger partial charge in [0.1, 0.15) is 0 Å². The van der Waals surface area contributed by atoms with Gasteiger partial charge in [-0.1, -0.05) is 183 Å². The lowest BCUT2D eigenvalue weighted by Crippen LogP contribution is -2.61. The number of rotatable bonds is 4. The summed E-state index contributed by atoms with van der Waals surface area (Å²) in [5.41, 5.74) is 26.3. The zero-order valence-electron chi connectivity index (χ0n) is 48.3. The molecule has 0 saturated heterocycles. The van der Waals surface area contributed by atoms with Crippen molar-refractivity contribution in [2.45, 2.75) is 180 Å². The van der Waals surface area contributed by atoms with Gasteiger partial charge in [0.2, 0.25) is 0 Å². The van der Waals surface area contributed by atoms with Gasteiger partial charge in [-0.05, 0) is 198 Å². The summed E-state index contributed by atoms with van der Waals surface area (Å²) in [6, 6.07) is 53.5. The zero-order valence-corrected chi connectivity index (χ0v) is 49.1. The molecule has 8 aromatic rings. The summed E-state index contributed by atoms with van der Waals surface area (Å²) in [6.07, 6.45) is 7.02. The highest BCUT2D eigenvalue weighted by molar-refractivity contribution is 7.33. The van der Waals surface area contributed by atoms with E-state index >= 15 is 0 Å². The van der Waals surface area contributed by atoms with E-state index in [1.54, 1.807) is 0 Å². The van der Waals surface area contributed by atoms with Crippen molar-refractivity contribution in [3.63, 3.8) is 0 Å². The Morgan fingerprint density at radius 2 is 0.868 bits per heavy atom. The molecular weight excluding hydrogens is 936 g/mol. The lowest BCUT2D eigenvalue weighted by molar-refractivity contribution is 0.332. The molecule has 0 spiro atoms. The highest BCUT2D eigenvalue weighted by Gasteiger charge is 2.50.